The zero-order chi connectivity index (χ0) is 14.9. The van der Waals surface area contributed by atoms with E-state index in [1.807, 2.05) is 0 Å². The van der Waals surface area contributed by atoms with E-state index in [2.05, 4.69) is 4.98 Å². The molecule has 0 saturated heterocycles. The molecule has 0 aliphatic carbocycles. The van der Waals surface area contributed by atoms with Crippen LogP contribution in [0.5, 0.6) is 0 Å². The van der Waals surface area contributed by atoms with Gasteiger partial charge in [-0.05, 0) is 25.1 Å². The number of carbonyl (C=O) groups is 1. The minimum absolute atomic E-state index is 0.0316. The number of aromatic nitrogens is 1. The summed E-state index contributed by atoms with van der Waals surface area (Å²) in [4.78, 5) is 16.2. The van der Waals surface area contributed by atoms with Crippen LogP contribution in [0.25, 0.3) is 10.9 Å². The summed E-state index contributed by atoms with van der Waals surface area (Å²) in [6, 6.07) is 4.92. The number of halogens is 2. The number of benzene rings is 1. The van der Waals surface area contributed by atoms with Gasteiger partial charge in [0.25, 0.3) is 0 Å². The first kappa shape index (κ1) is 15.2. The first-order chi connectivity index (χ1) is 9.45. The van der Waals surface area contributed by atoms with Crippen molar-refractivity contribution in [2.24, 2.45) is 0 Å². The maximum atomic E-state index is 12.0. The molecule has 0 amide bonds. The van der Waals surface area contributed by atoms with E-state index in [9.17, 15) is 9.00 Å². The molecule has 0 N–H and O–H groups in total. The molecule has 2 rings (SSSR count). The minimum Gasteiger partial charge on any atom is -0.462 e. The van der Waals surface area contributed by atoms with Gasteiger partial charge in [0, 0.05) is 16.7 Å². The molecule has 106 valence electrons. The fourth-order valence-corrected chi connectivity index (χ4v) is 3.01. The van der Waals surface area contributed by atoms with E-state index in [-0.39, 0.29) is 22.2 Å². The topological polar surface area (TPSA) is 56.3 Å². The van der Waals surface area contributed by atoms with Gasteiger partial charge in [-0.3, -0.25) is 4.21 Å². The molecule has 0 bridgehead atoms. The molecule has 0 radical (unpaired) electrons. The Morgan fingerprint density at radius 3 is 2.70 bits per heavy atom. The number of carbonyl (C=O) groups excluding carboxylic acids is 1. The molecule has 1 aromatic heterocycles. The monoisotopic (exact) mass is 331 g/mol. The first-order valence-corrected chi connectivity index (χ1v) is 8.06. The predicted octanol–water partition coefficient (Wildman–Crippen LogP) is 3.46. The summed E-state index contributed by atoms with van der Waals surface area (Å²) in [5.41, 5.74) is 0.557. The third-order valence-electron chi connectivity index (χ3n) is 2.60. The maximum Gasteiger partial charge on any atom is 0.342 e. The molecule has 0 aliphatic heterocycles. The molecular formula is C13H11Cl2NO3S. The van der Waals surface area contributed by atoms with Gasteiger partial charge in [0.15, 0.2) is 0 Å². The van der Waals surface area contributed by atoms with Gasteiger partial charge in [-0.2, -0.15) is 0 Å². The van der Waals surface area contributed by atoms with E-state index in [0.717, 1.165) is 0 Å². The number of hydrogen-bond donors (Lipinski definition) is 0. The lowest BCUT2D eigenvalue weighted by Gasteiger charge is -2.11. The zero-order valence-corrected chi connectivity index (χ0v) is 13.1. The second kappa shape index (κ2) is 6.08. The van der Waals surface area contributed by atoms with Gasteiger partial charge in [0.2, 0.25) is 0 Å². The molecule has 0 spiro atoms. The Hall–Kier alpha value is -1.17. The number of nitrogens with zero attached hydrogens (tertiary/aromatic N) is 1. The highest BCUT2D eigenvalue weighted by molar-refractivity contribution is 7.84. The van der Waals surface area contributed by atoms with Crippen LogP contribution in [0.4, 0.5) is 0 Å². The number of fused-ring (bicyclic) bond motifs is 1. The zero-order valence-electron chi connectivity index (χ0n) is 10.8. The van der Waals surface area contributed by atoms with Crippen molar-refractivity contribution >= 4 is 50.9 Å². The van der Waals surface area contributed by atoms with Gasteiger partial charge in [0.05, 0.1) is 27.9 Å². The van der Waals surface area contributed by atoms with E-state index in [1.54, 1.807) is 25.1 Å². The third kappa shape index (κ3) is 2.80. The van der Waals surface area contributed by atoms with Gasteiger partial charge in [0.1, 0.15) is 10.6 Å². The van der Waals surface area contributed by atoms with Crippen molar-refractivity contribution in [2.75, 3.05) is 12.9 Å². The summed E-state index contributed by atoms with van der Waals surface area (Å²) in [6.07, 6.45) is 1.43. The highest BCUT2D eigenvalue weighted by Crippen LogP contribution is 2.32. The minimum atomic E-state index is -1.47. The van der Waals surface area contributed by atoms with E-state index in [1.165, 1.54) is 6.26 Å². The molecule has 7 heteroatoms. The SMILES string of the molecule is CCOC(=O)c1c([S@@](C)=O)nc2ccc(Cl)cc2c1Cl. The molecule has 0 aliphatic rings. The van der Waals surface area contributed by atoms with Gasteiger partial charge >= 0.3 is 5.97 Å². The number of rotatable bonds is 3. The Bertz CT molecular complexity index is 718. The molecule has 2 aromatic rings. The Morgan fingerprint density at radius 2 is 2.10 bits per heavy atom. The lowest BCUT2D eigenvalue weighted by atomic mass is 10.1. The van der Waals surface area contributed by atoms with Crippen molar-refractivity contribution in [1.29, 1.82) is 0 Å². The van der Waals surface area contributed by atoms with Gasteiger partial charge in [-0.25, -0.2) is 9.78 Å². The summed E-state index contributed by atoms with van der Waals surface area (Å²) in [5, 5.41) is 1.27. The largest absolute Gasteiger partial charge is 0.462 e. The van der Waals surface area contributed by atoms with Crippen molar-refractivity contribution < 1.29 is 13.7 Å². The standard InChI is InChI=1S/C13H11Cl2NO3S/c1-3-19-13(17)10-11(15)8-6-7(14)4-5-9(8)16-12(10)20(2)18/h4-6H,3H2,1-2H3/t20-/m1/s1. The molecule has 0 unspecified atom stereocenters. The summed E-state index contributed by atoms with van der Waals surface area (Å²) < 4.78 is 16.7. The van der Waals surface area contributed by atoms with Gasteiger partial charge in [-0.1, -0.05) is 23.2 Å². The second-order valence-electron chi connectivity index (χ2n) is 3.94. The number of pyridine rings is 1. The van der Waals surface area contributed by atoms with E-state index in [4.69, 9.17) is 27.9 Å². The van der Waals surface area contributed by atoms with Crippen LogP contribution in [0, 0.1) is 0 Å². The maximum absolute atomic E-state index is 12.0. The number of hydrogen-bond acceptors (Lipinski definition) is 4. The predicted molar refractivity (Wildman–Crippen MR) is 80.1 cm³/mol. The highest BCUT2D eigenvalue weighted by atomic mass is 35.5. The van der Waals surface area contributed by atoms with Crippen molar-refractivity contribution in [1.82, 2.24) is 4.98 Å². The second-order valence-corrected chi connectivity index (χ2v) is 6.05. The smallest absolute Gasteiger partial charge is 0.342 e. The van der Waals surface area contributed by atoms with E-state index >= 15 is 0 Å². The molecular weight excluding hydrogens is 321 g/mol. The average molecular weight is 332 g/mol. The average Bonchev–Trinajstić information content (AvgIpc) is 2.39. The summed E-state index contributed by atoms with van der Waals surface area (Å²) in [6.45, 7) is 1.87. The van der Waals surface area contributed by atoms with Gasteiger partial charge in [-0.15, -0.1) is 0 Å². The number of esters is 1. The van der Waals surface area contributed by atoms with Crippen molar-refractivity contribution in [3.05, 3.63) is 33.8 Å². The molecule has 4 nitrogen and oxygen atoms in total. The van der Waals surface area contributed by atoms with Crippen molar-refractivity contribution in [3.8, 4) is 0 Å². The molecule has 1 aromatic carbocycles. The van der Waals surface area contributed by atoms with Crippen LogP contribution in [0.2, 0.25) is 10.0 Å². The van der Waals surface area contributed by atoms with Crippen LogP contribution < -0.4 is 0 Å². The Kier molecular flexibility index (Phi) is 4.62. The van der Waals surface area contributed by atoms with Crippen LogP contribution in [0.3, 0.4) is 0 Å². The lowest BCUT2D eigenvalue weighted by Crippen LogP contribution is -2.11. The quantitative estimate of drug-likeness (QED) is 0.808. The van der Waals surface area contributed by atoms with Crippen LogP contribution in [0.1, 0.15) is 17.3 Å². The fraction of sp³-hybridized carbons (Fsp3) is 0.231. The van der Waals surface area contributed by atoms with Crippen LogP contribution in [-0.4, -0.2) is 28.0 Å². The van der Waals surface area contributed by atoms with Crippen LogP contribution in [0.15, 0.2) is 23.2 Å². The van der Waals surface area contributed by atoms with Crippen LogP contribution in [-0.2, 0) is 15.5 Å². The van der Waals surface area contributed by atoms with Crippen molar-refractivity contribution in [3.63, 3.8) is 0 Å². The fourth-order valence-electron chi connectivity index (χ4n) is 1.76. The summed E-state index contributed by atoms with van der Waals surface area (Å²) >= 11 is 12.2. The molecule has 20 heavy (non-hydrogen) atoms. The van der Waals surface area contributed by atoms with Gasteiger partial charge < -0.3 is 4.74 Å². The van der Waals surface area contributed by atoms with Crippen LogP contribution >= 0.6 is 23.2 Å². The van der Waals surface area contributed by atoms with Crippen molar-refractivity contribution in [2.45, 2.75) is 11.9 Å². The first-order valence-electron chi connectivity index (χ1n) is 5.75. The summed E-state index contributed by atoms with van der Waals surface area (Å²) in [7, 11) is -1.47. The van der Waals surface area contributed by atoms with E-state index in [0.29, 0.717) is 15.9 Å². The molecule has 0 fully saturated rings. The lowest BCUT2D eigenvalue weighted by molar-refractivity contribution is 0.0521. The molecule has 1 atom stereocenters. The number of ether oxygens (including phenoxy) is 1. The highest BCUT2D eigenvalue weighted by Gasteiger charge is 2.23. The Labute approximate surface area is 128 Å². The molecule has 0 saturated carbocycles. The summed E-state index contributed by atoms with van der Waals surface area (Å²) in [5.74, 6) is -0.642. The Morgan fingerprint density at radius 1 is 1.40 bits per heavy atom. The Balaban J connectivity index is 2.81. The molecule has 1 heterocycles. The normalized spacial score (nSPS) is 12.4. The third-order valence-corrected chi connectivity index (χ3v) is 4.07. The van der Waals surface area contributed by atoms with E-state index < -0.39 is 16.8 Å².